The summed E-state index contributed by atoms with van der Waals surface area (Å²) in [6, 6.07) is 7.67. The van der Waals surface area contributed by atoms with Crippen LogP contribution < -0.4 is 10.2 Å². The van der Waals surface area contributed by atoms with Crippen molar-refractivity contribution < 1.29 is 19.5 Å². The SMILES string of the molecule is O=C(CN1C(=O)CCc2ccccc21)NC1CCC(C(=O)O)CC1. The van der Waals surface area contributed by atoms with Crippen molar-refractivity contribution in [2.75, 3.05) is 11.4 Å². The highest BCUT2D eigenvalue weighted by molar-refractivity contribution is 6.01. The molecule has 3 rings (SSSR count). The van der Waals surface area contributed by atoms with E-state index in [2.05, 4.69) is 5.32 Å². The van der Waals surface area contributed by atoms with Crippen LogP contribution in [0, 0.1) is 5.92 Å². The van der Waals surface area contributed by atoms with E-state index in [9.17, 15) is 14.4 Å². The highest BCUT2D eigenvalue weighted by Crippen LogP contribution is 2.27. The lowest BCUT2D eigenvalue weighted by Crippen LogP contribution is -2.46. The summed E-state index contributed by atoms with van der Waals surface area (Å²) >= 11 is 0. The maximum Gasteiger partial charge on any atom is 0.306 e. The summed E-state index contributed by atoms with van der Waals surface area (Å²) in [7, 11) is 0. The number of para-hydroxylation sites is 1. The second-order valence-electron chi connectivity index (χ2n) is 6.56. The largest absolute Gasteiger partial charge is 0.481 e. The number of carbonyl (C=O) groups excluding carboxylic acids is 2. The molecule has 0 atom stereocenters. The van der Waals surface area contributed by atoms with Crippen LogP contribution in [0.1, 0.15) is 37.7 Å². The van der Waals surface area contributed by atoms with E-state index in [1.165, 1.54) is 0 Å². The maximum absolute atomic E-state index is 12.3. The molecule has 1 heterocycles. The fraction of sp³-hybridized carbons (Fsp3) is 0.500. The predicted octanol–water partition coefficient (Wildman–Crippen LogP) is 1.73. The Morgan fingerprint density at radius 3 is 2.54 bits per heavy atom. The molecule has 2 amide bonds. The summed E-state index contributed by atoms with van der Waals surface area (Å²) < 4.78 is 0. The molecule has 2 N–H and O–H groups in total. The van der Waals surface area contributed by atoms with E-state index in [0.717, 1.165) is 11.3 Å². The fourth-order valence-electron chi connectivity index (χ4n) is 3.57. The van der Waals surface area contributed by atoms with Crippen molar-refractivity contribution in [3.8, 4) is 0 Å². The Morgan fingerprint density at radius 2 is 1.83 bits per heavy atom. The number of hydrogen-bond donors (Lipinski definition) is 2. The van der Waals surface area contributed by atoms with Gasteiger partial charge in [-0.3, -0.25) is 14.4 Å². The average molecular weight is 330 g/mol. The lowest BCUT2D eigenvalue weighted by atomic mass is 9.86. The van der Waals surface area contributed by atoms with Crippen molar-refractivity contribution in [2.45, 2.75) is 44.6 Å². The minimum Gasteiger partial charge on any atom is -0.481 e. The van der Waals surface area contributed by atoms with Gasteiger partial charge in [-0.15, -0.1) is 0 Å². The van der Waals surface area contributed by atoms with Crippen molar-refractivity contribution in [2.24, 2.45) is 5.92 Å². The Balaban J connectivity index is 1.58. The smallest absolute Gasteiger partial charge is 0.306 e. The highest BCUT2D eigenvalue weighted by Gasteiger charge is 2.29. The molecule has 0 unspecified atom stereocenters. The van der Waals surface area contributed by atoms with Crippen LogP contribution in [-0.2, 0) is 20.8 Å². The number of anilines is 1. The number of carbonyl (C=O) groups is 3. The van der Waals surface area contributed by atoms with Crippen LogP contribution in [0.5, 0.6) is 0 Å². The van der Waals surface area contributed by atoms with E-state index in [1.807, 2.05) is 24.3 Å². The first-order valence-electron chi connectivity index (χ1n) is 8.45. The first-order valence-corrected chi connectivity index (χ1v) is 8.45. The first kappa shape index (κ1) is 16.5. The van der Waals surface area contributed by atoms with Gasteiger partial charge in [0.25, 0.3) is 0 Å². The molecule has 1 aromatic rings. The van der Waals surface area contributed by atoms with Crippen LogP contribution in [0.25, 0.3) is 0 Å². The predicted molar refractivity (Wildman–Crippen MR) is 88.6 cm³/mol. The second kappa shape index (κ2) is 7.03. The van der Waals surface area contributed by atoms with Gasteiger partial charge in [0.2, 0.25) is 11.8 Å². The molecule has 1 fully saturated rings. The number of rotatable bonds is 4. The number of carboxylic acids is 1. The van der Waals surface area contributed by atoms with Crippen LogP contribution in [0.4, 0.5) is 5.69 Å². The van der Waals surface area contributed by atoms with E-state index in [0.29, 0.717) is 38.5 Å². The van der Waals surface area contributed by atoms with Crippen LogP contribution >= 0.6 is 0 Å². The molecule has 1 aliphatic heterocycles. The third-order valence-electron chi connectivity index (χ3n) is 4.93. The van der Waals surface area contributed by atoms with Crippen molar-refractivity contribution in [3.63, 3.8) is 0 Å². The fourth-order valence-corrected chi connectivity index (χ4v) is 3.57. The number of benzene rings is 1. The Kier molecular flexibility index (Phi) is 4.83. The second-order valence-corrected chi connectivity index (χ2v) is 6.56. The number of carboxylic acid groups (broad SMARTS) is 1. The van der Waals surface area contributed by atoms with Gasteiger partial charge in [-0.05, 0) is 43.7 Å². The third kappa shape index (κ3) is 3.58. The summed E-state index contributed by atoms with van der Waals surface area (Å²) in [6.07, 6.45) is 3.67. The summed E-state index contributed by atoms with van der Waals surface area (Å²) in [6.45, 7) is 0.0225. The van der Waals surface area contributed by atoms with Crippen LogP contribution in [0.3, 0.4) is 0 Å². The molecule has 1 aromatic carbocycles. The standard InChI is InChI=1S/C18H22N2O4/c21-16(19-14-8-5-13(6-9-14)18(23)24)11-20-15-4-2-1-3-12(15)7-10-17(20)22/h1-4,13-14H,5-11H2,(H,19,21)(H,23,24). The number of fused-ring (bicyclic) bond motifs is 1. The van der Waals surface area contributed by atoms with Crippen molar-refractivity contribution in [3.05, 3.63) is 29.8 Å². The molecule has 0 saturated heterocycles. The zero-order chi connectivity index (χ0) is 17.1. The Hall–Kier alpha value is -2.37. The average Bonchev–Trinajstić information content (AvgIpc) is 2.58. The molecule has 6 heteroatoms. The van der Waals surface area contributed by atoms with Gasteiger partial charge in [0, 0.05) is 18.2 Å². The number of aliphatic carboxylic acids is 1. The van der Waals surface area contributed by atoms with Gasteiger partial charge in [0.15, 0.2) is 0 Å². The van der Waals surface area contributed by atoms with Crippen LogP contribution in [0.2, 0.25) is 0 Å². The Labute approximate surface area is 140 Å². The molecule has 0 radical (unpaired) electrons. The number of nitrogens with zero attached hydrogens (tertiary/aromatic N) is 1. The third-order valence-corrected chi connectivity index (χ3v) is 4.93. The summed E-state index contributed by atoms with van der Waals surface area (Å²) in [5.74, 6) is -1.26. The van der Waals surface area contributed by atoms with Crippen LogP contribution in [0.15, 0.2) is 24.3 Å². The molecule has 0 aromatic heterocycles. The minimum atomic E-state index is -0.754. The summed E-state index contributed by atoms with van der Waals surface area (Å²) in [5.41, 5.74) is 1.91. The van der Waals surface area contributed by atoms with Gasteiger partial charge in [-0.25, -0.2) is 0 Å². The van der Waals surface area contributed by atoms with E-state index >= 15 is 0 Å². The summed E-state index contributed by atoms with van der Waals surface area (Å²) in [4.78, 5) is 37.0. The van der Waals surface area contributed by atoms with E-state index in [4.69, 9.17) is 5.11 Å². The van der Waals surface area contributed by atoms with Gasteiger partial charge in [-0.1, -0.05) is 18.2 Å². The first-order chi connectivity index (χ1) is 11.5. The van der Waals surface area contributed by atoms with Crippen molar-refractivity contribution in [1.82, 2.24) is 5.32 Å². The topological polar surface area (TPSA) is 86.7 Å². The minimum absolute atomic E-state index is 0.00300. The molecule has 128 valence electrons. The lowest BCUT2D eigenvalue weighted by molar-refractivity contribution is -0.142. The monoisotopic (exact) mass is 330 g/mol. The number of amides is 2. The van der Waals surface area contributed by atoms with E-state index in [1.54, 1.807) is 4.90 Å². The van der Waals surface area contributed by atoms with E-state index < -0.39 is 5.97 Å². The zero-order valence-corrected chi connectivity index (χ0v) is 13.5. The van der Waals surface area contributed by atoms with Crippen LogP contribution in [-0.4, -0.2) is 35.5 Å². The van der Waals surface area contributed by atoms with Gasteiger partial charge < -0.3 is 15.3 Å². The van der Waals surface area contributed by atoms with Gasteiger partial charge in [-0.2, -0.15) is 0 Å². The zero-order valence-electron chi connectivity index (χ0n) is 13.5. The van der Waals surface area contributed by atoms with Gasteiger partial charge >= 0.3 is 5.97 Å². The maximum atomic E-state index is 12.3. The molecule has 24 heavy (non-hydrogen) atoms. The molecule has 1 saturated carbocycles. The molecule has 0 bridgehead atoms. The molecule has 6 nitrogen and oxygen atoms in total. The number of aryl methyl sites for hydroxylation is 1. The van der Waals surface area contributed by atoms with Gasteiger partial charge in [0.05, 0.1) is 5.92 Å². The van der Waals surface area contributed by atoms with Crippen molar-refractivity contribution in [1.29, 1.82) is 0 Å². The lowest BCUT2D eigenvalue weighted by Gasteiger charge is -2.31. The quantitative estimate of drug-likeness (QED) is 0.880. The molecule has 0 spiro atoms. The Bertz CT molecular complexity index is 650. The normalized spacial score (nSPS) is 23.5. The molecule has 2 aliphatic rings. The van der Waals surface area contributed by atoms with E-state index in [-0.39, 0.29) is 30.3 Å². The molecular weight excluding hydrogens is 308 g/mol. The number of hydrogen-bond acceptors (Lipinski definition) is 3. The van der Waals surface area contributed by atoms with Crippen molar-refractivity contribution >= 4 is 23.5 Å². The summed E-state index contributed by atoms with van der Waals surface area (Å²) in [5, 5.41) is 12.0. The molecular formula is C18H22N2O4. The molecule has 1 aliphatic carbocycles. The van der Waals surface area contributed by atoms with Gasteiger partial charge in [0.1, 0.15) is 6.54 Å². The number of nitrogens with one attached hydrogen (secondary N) is 1. The highest BCUT2D eigenvalue weighted by atomic mass is 16.4. The Morgan fingerprint density at radius 1 is 1.12 bits per heavy atom.